The molecule has 37 heavy (non-hydrogen) atoms. The van der Waals surface area contributed by atoms with Gasteiger partial charge in [0.05, 0.1) is 12.2 Å². The highest BCUT2D eigenvalue weighted by Crippen LogP contribution is 2.37. The van der Waals surface area contributed by atoms with Crippen LogP contribution < -0.4 is 0 Å². The molecule has 0 bridgehead atoms. The van der Waals surface area contributed by atoms with Crippen molar-refractivity contribution in [3.8, 4) is 22.8 Å². The van der Waals surface area contributed by atoms with Gasteiger partial charge in [0.1, 0.15) is 0 Å². The van der Waals surface area contributed by atoms with E-state index in [-0.39, 0.29) is 18.4 Å². The van der Waals surface area contributed by atoms with Gasteiger partial charge in [-0.1, -0.05) is 29.4 Å². The van der Waals surface area contributed by atoms with E-state index in [4.69, 9.17) is 28.9 Å². The van der Waals surface area contributed by atoms with Gasteiger partial charge in [0.25, 0.3) is 11.7 Å². The molecule has 3 aromatic rings. The van der Waals surface area contributed by atoms with E-state index < -0.39 is 18.1 Å². The van der Waals surface area contributed by atoms with Crippen molar-refractivity contribution in [3.05, 3.63) is 59.2 Å². The maximum absolute atomic E-state index is 11.0. The van der Waals surface area contributed by atoms with E-state index in [2.05, 4.69) is 35.0 Å². The molecule has 11 nitrogen and oxygen atoms in total. The lowest BCUT2D eigenvalue weighted by atomic mass is 9.94. The first-order chi connectivity index (χ1) is 17.6. The Labute approximate surface area is 212 Å². The van der Waals surface area contributed by atoms with Crippen LogP contribution in [0.15, 0.2) is 47.0 Å². The highest BCUT2D eigenvalue weighted by molar-refractivity contribution is 5.62. The Bertz CT molecular complexity index is 1290. The fourth-order valence-electron chi connectivity index (χ4n) is 4.84. The van der Waals surface area contributed by atoms with Gasteiger partial charge in [-0.15, -0.1) is 0 Å². The standard InChI is InChI=1S/C26H27N3O8/c1-25(2)20-8-7-18(13-19(20)15-34-25)21-27-22(37-28-21)17-5-3-16(4-6-17)14-29-11-9-26(10-12-29,35-23(30)31)36-24(32)33/h3-8,13H,9-12,14-15H2,1-2H3,(H,30,31)(H,32,33). The summed E-state index contributed by atoms with van der Waals surface area (Å²) in [7, 11) is 0. The van der Waals surface area contributed by atoms with Crippen LogP contribution in [-0.2, 0) is 33.0 Å². The Hall–Kier alpha value is -3.96. The van der Waals surface area contributed by atoms with Crippen molar-refractivity contribution in [1.29, 1.82) is 0 Å². The number of fused-ring (bicyclic) bond motifs is 1. The summed E-state index contributed by atoms with van der Waals surface area (Å²) in [5.74, 6) is -0.746. The monoisotopic (exact) mass is 509 g/mol. The van der Waals surface area contributed by atoms with Crippen LogP contribution in [0.25, 0.3) is 22.8 Å². The van der Waals surface area contributed by atoms with Crippen LogP contribution in [0, 0.1) is 0 Å². The zero-order chi connectivity index (χ0) is 26.2. The van der Waals surface area contributed by atoms with Gasteiger partial charge in [-0.2, -0.15) is 4.98 Å². The number of piperidine rings is 1. The molecule has 11 heteroatoms. The van der Waals surface area contributed by atoms with Crippen LogP contribution in [-0.4, -0.2) is 56.4 Å². The van der Waals surface area contributed by atoms with Crippen LogP contribution in [0.4, 0.5) is 9.59 Å². The number of carboxylic acid groups (broad SMARTS) is 2. The zero-order valence-electron chi connectivity index (χ0n) is 20.5. The van der Waals surface area contributed by atoms with Crippen molar-refractivity contribution < 1.29 is 38.5 Å². The molecule has 194 valence electrons. The smallest absolute Gasteiger partial charge is 0.450 e. The van der Waals surface area contributed by atoms with Crippen molar-refractivity contribution in [2.75, 3.05) is 13.1 Å². The summed E-state index contributed by atoms with van der Waals surface area (Å²) in [6, 6.07) is 13.8. The van der Waals surface area contributed by atoms with E-state index in [1.807, 2.05) is 36.4 Å². The van der Waals surface area contributed by atoms with E-state index >= 15 is 0 Å². The predicted octanol–water partition coefficient (Wildman–Crippen LogP) is 4.85. The number of hydrogen-bond acceptors (Lipinski definition) is 9. The molecule has 1 fully saturated rings. The normalized spacial score (nSPS) is 18.2. The van der Waals surface area contributed by atoms with Gasteiger partial charge in [-0.3, -0.25) is 4.90 Å². The molecule has 0 spiro atoms. The van der Waals surface area contributed by atoms with E-state index in [9.17, 15) is 9.59 Å². The number of carbonyl (C=O) groups is 2. The molecule has 2 N–H and O–H groups in total. The summed E-state index contributed by atoms with van der Waals surface area (Å²) in [5.41, 5.74) is 4.67. The molecular weight excluding hydrogens is 482 g/mol. The van der Waals surface area contributed by atoms with Crippen LogP contribution in [0.5, 0.6) is 0 Å². The molecule has 0 radical (unpaired) electrons. The minimum Gasteiger partial charge on any atom is -0.450 e. The molecule has 2 aromatic carbocycles. The summed E-state index contributed by atoms with van der Waals surface area (Å²) in [6.45, 7) is 6.08. The van der Waals surface area contributed by atoms with E-state index in [0.29, 0.717) is 38.0 Å². The summed E-state index contributed by atoms with van der Waals surface area (Å²) >= 11 is 0. The first-order valence-electron chi connectivity index (χ1n) is 11.9. The molecule has 1 aromatic heterocycles. The number of hydrogen-bond donors (Lipinski definition) is 2. The second-order valence-electron chi connectivity index (χ2n) is 9.71. The van der Waals surface area contributed by atoms with Gasteiger partial charge in [0.2, 0.25) is 5.82 Å². The summed E-state index contributed by atoms with van der Waals surface area (Å²) < 4.78 is 20.9. The second-order valence-corrected chi connectivity index (χ2v) is 9.71. The van der Waals surface area contributed by atoms with Gasteiger partial charge in [0.15, 0.2) is 0 Å². The number of rotatable bonds is 6. The Kier molecular flexibility index (Phi) is 6.34. The van der Waals surface area contributed by atoms with Crippen LogP contribution in [0.3, 0.4) is 0 Å². The molecule has 3 heterocycles. The molecule has 0 saturated carbocycles. The molecule has 0 aliphatic carbocycles. The first-order valence-corrected chi connectivity index (χ1v) is 11.9. The maximum atomic E-state index is 11.0. The third-order valence-electron chi connectivity index (χ3n) is 6.80. The average molecular weight is 510 g/mol. The van der Waals surface area contributed by atoms with Gasteiger partial charge in [-0.05, 0) is 48.7 Å². The molecule has 1 saturated heterocycles. The van der Waals surface area contributed by atoms with Crippen molar-refractivity contribution in [1.82, 2.24) is 15.0 Å². The molecule has 2 aliphatic rings. The number of aromatic nitrogens is 2. The minimum absolute atomic E-state index is 0.112. The lowest BCUT2D eigenvalue weighted by molar-refractivity contribution is -0.205. The van der Waals surface area contributed by atoms with Crippen LogP contribution >= 0.6 is 0 Å². The lowest BCUT2D eigenvalue weighted by Gasteiger charge is -2.38. The molecule has 0 atom stereocenters. The maximum Gasteiger partial charge on any atom is 0.509 e. The van der Waals surface area contributed by atoms with Crippen molar-refractivity contribution >= 4 is 12.3 Å². The van der Waals surface area contributed by atoms with Crippen molar-refractivity contribution in [3.63, 3.8) is 0 Å². The Morgan fingerprint density at radius 3 is 2.30 bits per heavy atom. The van der Waals surface area contributed by atoms with Crippen molar-refractivity contribution in [2.45, 2.75) is 51.2 Å². The number of benzene rings is 2. The third kappa shape index (κ3) is 5.27. The topological polar surface area (TPSA) is 144 Å². The second kappa shape index (κ2) is 9.49. The van der Waals surface area contributed by atoms with Crippen molar-refractivity contribution in [2.24, 2.45) is 0 Å². The highest BCUT2D eigenvalue weighted by atomic mass is 16.8. The number of likely N-dealkylation sites (tertiary alicyclic amines) is 1. The van der Waals surface area contributed by atoms with Crippen LogP contribution in [0.1, 0.15) is 43.4 Å². The quantitative estimate of drug-likeness (QED) is 0.347. The summed E-state index contributed by atoms with van der Waals surface area (Å²) in [6.07, 6.45) is -2.91. The fraction of sp³-hybridized carbons (Fsp3) is 0.385. The van der Waals surface area contributed by atoms with Gasteiger partial charge in [-0.25, -0.2) is 9.59 Å². The van der Waals surface area contributed by atoms with Gasteiger partial charge >= 0.3 is 12.3 Å². The predicted molar refractivity (Wildman–Crippen MR) is 128 cm³/mol. The third-order valence-corrected chi connectivity index (χ3v) is 6.80. The van der Waals surface area contributed by atoms with E-state index in [1.165, 1.54) is 5.56 Å². The summed E-state index contributed by atoms with van der Waals surface area (Å²) in [5, 5.41) is 22.1. The largest absolute Gasteiger partial charge is 0.509 e. The Morgan fingerprint density at radius 1 is 1.00 bits per heavy atom. The summed E-state index contributed by atoms with van der Waals surface area (Å²) in [4.78, 5) is 28.6. The van der Waals surface area contributed by atoms with Gasteiger partial charge in [0, 0.05) is 43.6 Å². The van der Waals surface area contributed by atoms with Gasteiger partial charge < -0.3 is 28.9 Å². The fourth-order valence-corrected chi connectivity index (χ4v) is 4.84. The zero-order valence-corrected chi connectivity index (χ0v) is 20.5. The lowest BCUT2D eigenvalue weighted by Crippen LogP contribution is -2.49. The number of nitrogens with zero attached hydrogens (tertiary/aromatic N) is 3. The molecule has 2 aliphatic heterocycles. The molecule has 0 amide bonds. The van der Waals surface area contributed by atoms with E-state index in [0.717, 1.165) is 22.3 Å². The minimum atomic E-state index is -1.67. The molecule has 0 unspecified atom stereocenters. The first kappa shape index (κ1) is 24.7. The van der Waals surface area contributed by atoms with Crippen LogP contribution in [0.2, 0.25) is 0 Å². The molecule has 5 rings (SSSR count). The van der Waals surface area contributed by atoms with E-state index in [1.54, 1.807) is 0 Å². The average Bonchev–Trinajstić information content (AvgIpc) is 3.45. The number of ether oxygens (including phenoxy) is 3. The molecular formula is C26H27N3O8. The highest BCUT2D eigenvalue weighted by Gasteiger charge is 2.42. The Morgan fingerprint density at radius 2 is 1.65 bits per heavy atom. The Balaban J connectivity index is 1.22. The SMILES string of the molecule is CC1(C)OCc2cc(-c3noc(-c4ccc(CN5CCC(OC(=O)O)(OC(=O)O)CC5)cc4)n3)ccc21.